The van der Waals surface area contributed by atoms with Crippen LogP contribution in [0.5, 0.6) is 5.75 Å². The number of hydrogen-bond donors (Lipinski definition) is 1. The van der Waals surface area contributed by atoms with Crippen molar-refractivity contribution in [2.24, 2.45) is 0 Å². The predicted octanol–water partition coefficient (Wildman–Crippen LogP) is 3.42. The Hall–Kier alpha value is -1.77. The van der Waals surface area contributed by atoms with Crippen LogP contribution in [0.3, 0.4) is 0 Å². The number of methoxy groups -OCH3 is 1. The maximum absolute atomic E-state index is 8.27. The van der Waals surface area contributed by atoms with Gasteiger partial charge in [-0.15, -0.1) is 0 Å². The minimum atomic E-state index is 0.577. The van der Waals surface area contributed by atoms with Crippen LogP contribution in [0.4, 0.5) is 0 Å². The molecule has 0 aliphatic heterocycles. The van der Waals surface area contributed by atoms with Gasteiger partial charge in [-0.25, -0.2) is 0 Å². The monoisotopic (exact) mass is 246 g/mol. The van der Waals surface area contributed by atoms with E-state index in [9.17, 15) is 0 Å². The quantitative estimate of drug-likeness (QED) is 0.638. The van der Waals surface area contributed by atoms with Gasteiger partial charge in [0.25, 0.3) is 0 Å². The number of rotatable bonds is 5. The highest BCUT2D eigenvalue weighted by Gasteiger charge is 2.12. The number of allylic oxidation sites excluding steroid dienone is 1. The molecule has 1 aromatic carbocycles. The summed E-state index contributed by atoms with van der Waals surface area (Å²) >= 11 is 0. The lowest BCUT2D eigenvalue weighted by Crippen LogP contribution is -2.30. The van der Waals surface area contributed by atoms with Crippen LogP contribution in [0.2, 0.25) is 0 Å². The molecule has 98 valence electrons. The van der Waals surface area contributed by atoms with Crippen LogP contribution in [0.15, 0.2) is 30.3 Å². The largest absolute Gasteiger partial charge is 0.497 e. The van der Waals surface area contributed by atoms with Crippen molar-refractivity contribution in [2.45, 2.75) is 20.8 Å². The van der Waals surface area contributed by atoms with E-state index in [1.54, 1.807) is 7.11 Å². The average Bonchev–Trinajstić information content (AvgIpc) is 2.42. The van der Waals surface area contributed by atoms with E-state index in [0.717, 1.165) is 30.0 Å². The molecule has 0 spiro atoms. The number of hydrogen-bond acceptors (Lipinski definition) is 2. The highest BCUT2D eigenvalue weighted by atomic mass is 16.5. The van der Waals surface area contributed by atoms with Crippen LogP contribution in [-0.4, -0.2) is 30.9 Å². The molecule has 0 saturated heterocycles. The molecule has 0 saturated carbocycles. The summed E-state index contributed by atoms with van der Waals surface area (Å²) in [5.74, 6) is 1.41. The fourth-order valence-corrected chi connectivity index (χ4v) is 1.92. The molecule has 0 aliphatic carbocycles. The van der Waals surface area contributed by atoms with Gasteiger partial charge >= 0.3 is 0 Å². The lowest BCUT2D eigenvalue weighted by atomic mass is 10.0. The van der Waals surface area contributed by atoms with E-state index in [2.05, 4.69) is 13.8 Å². The number of nitrogens with one attached hydrogen (secondary N) is 1. The molecule has 1 N–H and O–H groups in total. The maximum atomic E-state index is 8.27. The summed E-state index contributed by atoms with van der Waals surface area (Å²) in [6.45, 7) is 7.81. The molecule has 0 bridgehead atoms. The Balaban J connectivity index is 2.99. The Morgan fingerprint density at radius 3 is 2.17 bits per heavy atom. The van der Waals surface area contributed by atoms with E-state index in [4.69, 9.17) is 10.1 Å². The first-order chi connectivity index (χ1) is 8.67. The summed E-state index contributed by atoms with van der Waals surface area (Å²) in [5, 5.41) is 8.27. The molecular formula is C15H22N2O. The van der Waals surface area contributed by atoms with E-state index in [1.165, 1.54) is 0 Å². The summed E-state index contributed by atoms with van der Waals surface area (Å²) in [6, 6.07) is 7.83. The van der Waals surface area contributed by atoms with Gasteiger partial charge in [-0.3, -0.25) is 5.41 Å². The van der Waals surface area contributed by atoms with Gasteiger partial charge in [0.1, 0.15) is 11.6 Å². The zero-order valence-corrected chi connectivity index (χ0v) is 11.7. The third-order valence-electron chi connectivity index (χ3n) is 3.02. The summed E-state index contributed by atoms with van der Waals surface area (Å²) < 4.78 is 5.15. The Labute approximate surface area is 110 Å². The molecule has 0 amide bonds. The number of ether oxygens (including phenoxy) is 1. The van der Waals surface area contributed by atoms with Gasteiger partial charge in [0.15, 0.2) is 0 Å². The number of nitrogens with zero attached hydrogens (tertiary/aromatic N) is 1. The lowest BCUT2D eigenvalue weighted by Gasteiger charge is -2.23. The van der Waals surface area contributed by atoms with E-state index < -0.39 is 0 Å². The number of likely N-dealkylation sites (N-methyl/N-ethyl adjacent to an activating group) is 1. The van der Waals surface area contributed by atoms with Crippen molar-refractivity contribution in [3.8, 4) is 5.75 Å². The Morgan fingerprint density at radius 2 is 1.78 bits per heavy atom. The highest BCUT2D eigenvalue weighted by molar-refractivity contribution is 6.20. The number of benzene rings is 1. The van der Waals surface area contributed by atoms with Crippen LogP contribution in [0.25, 0.3) is 5.57 Å². The highest BCUT2D eigenvalue weighted by Crippen LogP contribution is 2.20. The Kier molecular flexibility index (Phi) is 5.43. The molecule has 0 aromatic heterocycles. The van der Waals surface area contributed by atoms with Crippen LogP contribution in [0, 0.1) is 5.41 Å². The smallest absolute Gasteiger partial charge is 0.128 e. The lowest BCUT2D eigenvalue weighted by molar-refractivity contribution is 0.415. The molecule has 0 heterocycles. The second-order valence-corrected chi connectivity index (χ2v) is 3.95. The zero-order valence-electron chi connectivity index (χ0n) is 11.7. The first-order valence-electron chi connectivity index (χ1n) is 6.32. The van der Waals surface area contributed by atoms with Gasteiger partial charge in [-0.1, -0.05) is 18.2 Å². The molecule has 3 nitrogen and oxygen atoms in total. The second-order valence-electron chi connectivity index (χ2n) is 3.95. The minimum Gasteiger partial charge on any atom is -0.497 e. The molecular weight excluding hydrogens is 224 g/mol. The SMILES string of the molecule is C/C=C(\C(=N)N(CC)CC)c1ccc(OC)cc1. The van der Waals surface area contributed by atoms with Gasteiger partial charge in [0.05, 0.1) is 7.11 Å². The molecule has 0 fully saturated rings. The predicted molar refractivity (Wildman–Crippen MR) is 77.3 cm³/mol. The van der Waals surface area contributed by atoms with Crippen LogP contribution >= 0.6 is 0 Å². The summed E-state index contributed by atoms with van der Waals surface area (Å²) in [6.07, 6.45) is 1.99. The van der Waals surface area contributed by atoms with Gasteiger partial charge in [-0.2, -0.15) is 0 Å². The third-order valence-corrected chi connectivity index (χ3v) is 3.02. The van der Waals surface area contributed by atoms with Gasteiger partial charge in [0, 0.05) is 18.7 Å². The molecule has 0 aliphatic rings. The van der Waals surface area contributed by atoms with Crippen molar-refractivity contribution in [3.05, 3.63) is 35.9 Å². The van der Waals surface area contributed by atoms with Gasteiger partial charge in [0.2, 0.25) is 0 Å². The number of amidine groups is 1. The zero-order chi connectivity index (χ0) is 13.5. The molecule has 0 radical (unpaired) electrons. The maximum Gasteiger partial charge on any atom is 0.128 e. The topological polar surface area (TPSA) is 36.3 Å². The summed E-state index contributed by atoms with van der Waals surface area (Å²) in [4.78, 5) is 2.04. The van der Waals surface area contributed by atoms with E-state index in [1.807, 2.05) is 42.2 Å². The summed E-state index contributed by atoms with van der Waals surface area (Å²) in [7, 11) is 1.66. The fraction of sp³-hybridized carbons (Fsp3) is 0.400. The Bertz CT molecular complexity index is 417. The molecule has 0 atom stereocenters. The van der Waals surface area contributed by atoms with Crippen LogP contribution in [-0.2, 0) is 0 Å². The van der Waals surface area contributed by atoms with Crippen molar-refractivity contribution in [1.82, 2.24) is 4.90 Å². The van der Waals surface area contributed by atoms with E-state index in [0.29, 0.717) is 5.84 Å². The van der Waals surface area contributed by atoms with E-state index >= 15 is 0 Å². The second kappa shape index (κ2) is 6.84. The molecule has 1 aromatic rings. The van der Waals surface area contributed by atoms with Crippen molar-refractivity contribution >= 4 is 11.4 Å². The molecule has 18 heavy (non-hydrogen) atoms. The standard InChI is InChI=1S/C15H22N2O/c1-5-14(15(16)17(6-2)7-3)12-8-10-13(18-4)11-9-12/h5,8-11,16H,6-7H2,1-4H3/b14-5-,16-15?. The molecule has 3 heteroatoms. The first-order valence-corrected chi connectivity index (χ1v) is 6.32. The normalized spacial score (nSPS) is 11.2. The van der Waals surface area contributed by atoms with Gasteiger partial charge < -0.3 is 9.64 Å². The van der Waals surface area contributed by atoms with E-state index in [-0.39, 0.29) is 0 Å². The minimum absolute atomic E-state index is 0.577. The van der Waals surface area contributed by atoms with Crippen molar-refractivity contribution in [2.75, 3.05) is 20.2 Å². The van der Waals surface area contributed by atoms with Crippen molar-refractivity contribution in [3.63, 3.8) is 0 Å². The third kappa shape index (κ3) is 3.13. The molecule has 1 rings (SSSR count). The van der Waals surface area contributed by atoms with Crippen molar-refractivity contribution in [1.29, 1.82) is 5.41 Å². The summed E-state index contributed by atoms with van der Waals surface area (Å²) in [5.41, 5.74) is 2.01. The van der Waals surface area contributed by atoms with Gasteiger partial charge in [-0.05, 0) is 38.5 Å². The fourth-order valence-electron chi connectivity index (χ4n) is 1.92. The first kappa shape index (κ1) is 14.3. The van der Waals surface area contributed by atoms with Crippen LogP contribution in [0.1, 0.15) is 26.3 Å². The average molecular weight is 246 g/mol. The Morgan fingerprint density at radius 1 is 1.22 bits per heavy atom. The van der Waals surface area contributed by atoms with Crippen LogP contribution < -0.4 is 4.74 Å². The van der Waals surface area contributed by atoms with Crippen molar-refractivity contribution < 1.29 is 4.74 Å². The molecule has 0 unspecified atom stereocenters.